The van der Waals surface area contributed by atoms with Gasteiger partial charge in [0.2, 0.25) is 0 Å². The summed E-state index contributed by atoms with van der Waals surface area (Å²) in [6, 6.07) is 8.51. The Morgan fingerprint density at radius 3 is 2.55 bits per heavy atom. The predicted octanol–water partition coefficient (Wildman–Crippen LogP) is 6.49. The number of nitrogens with one attached hydrogen (secondary N) is 1. The van der Waals surface area contributed by atoms with Crippen LogP contribution in [0.3, 0.4) is 0 Å². The average molecular weight is 300 g/mol. The fourth-order valence-corrected chi connectivity index (χ4v) is 3.35. The average Bonchev–Trinajstić information content (AvgIpc) is 2.63. The van der Waals surface area contributed by atoms with E-state index in [1.54, 1.807) is 0 Å². The summed E-state index contributed by atoms with van der Waals surface area (Å²) < 4.78 is 0. The Bertz CT molecular complexity index is 492. The van der Waals surface area contributed by atoms with E-state index in [9.17, 15) is 0 Å². The maximum atomic E-state index is 4.99. The summed E-state index contributed by atoms with van der Waals surface area (Å²) in [4.78, 5) is 4.99. The van der Waals surface area contributed by atoms with E-state index in [0.717, 1.165) is 18.5 Å². The van der Waals surface area contributed by atoms with Crippen LogP contribution >= 0.6 is 0 Å². The molecule has 1 unspecified atom stereocenters. The monoisotopic (exact) mass is 300 g/mol. The Kier molecular flexibility index (Phi) is 6.48. The SMILES string of the molecule is CCCCCC1=Nc2ccccc2NC(C)(CCCCC)C1. The Labute approximate surface area is 136 Å². The summed E-state index contributed by atoms with van der Waals surface area (Å²) in [7, 11) is 0. The number of benzene rings is 1. The van der Waals surface area contributed by atoms with Crippen molar-refractivity contribution in [2.45, 2.75) is 84.1 Å². The third-order valence-electron chi connectivity index (χ3n) is 4.61. The van der Waals surface area contributed by atoms with Gasteiger partial charge in [0.05, 0.1) is 11.4 Å². The number of hydrogen-bond acceptors (Lipinski definition) is 2. The fourth-order valence-electron chi connectivity index (χ4n) is 3.35. The minimum Gasteiger partial charge on any atom is -0.378 e. The zero-order chi connectivity index (χ0) is 15.8. The molecule has 0 saturated heterocycles. The fraction of sp³-hybridized carbons (Fsp3) is 0.650. The quantitative estimate of drug-likeness (QED) is 0.545. The molecule has 2 heteroatoms. The van der Waals surface area contributed by atoms with E-state index in [1.165, 1.54) is 56.3 Å². The van der Waals surface area contributed by atoms with Crippen molar-refractivity contribution in [2.75, 3.05) is 5.32 Å². The van der Waals surface area contributed by atoms with Gasteiger partial charge in [-0.3, -0.25) is 4.99 Å². The highest BCUT2D eigenvalue weighted by molar-refractivity contribution is 5.91. The minimum absolute atomic E-state index is 0.146. The van der Waals surface area contributed by atoms with Crippen molar-refractivity contribution >= 4 is 17.1 Å². The summed E-state index contributed by atoms with van der Waals surface area (Å²) in [6.45, 7) is 6.91. The van der Waals surface area contributed by atoms with Gasteiger partial charge in [0.15, 0.2) is 0 Å². The summed E-state index contributed by atoms with van der Waals surface area (Å²) >= 11 is 0. The van der Waals surface area contributed by atoms with Crippen LogP contribution in [0.25, 0.3) is 0 Å². The minimum atomic E-state index is 0.146. The Balaban J connectivity index is 2.16. The topological polar surface area (TPSA) is 24.4 Å². The lowest BCUT2D eigenvalue weighted by atomic mass is 9.87. The molecule has 0 bridgehead atoms. The molecule has 2 rings (SSSR count). The molecule has 1 aromatic rings. The first kappa shape index (κ1) is 17.1. The van der Waals surface area contributed by atoms with Gasteiger partial charge >= 0.3 is 0 Å². The number of aliphatic imine (C=N–C) groups is 1. The van der Waals surface area contributed by atoms with Gasteiger partial charge in [0.25, 0.3) is 0 Å². The van der Waals surface area contributed by atoms with Gasteiger partial charge < -0.3 is 5.32 Å². The highest BCUT2D eigenvalue weighted by Crippen LogP contribution is 2.35. The number of rotatable bonds is 8. The summed E-state index contributed by atoms with van der Waals surface area (Å²) in [5.74, 6) is 0. The molecule has 122 valence electrons. The van der Waals surface area contributed by atoms with E-state index in [0.29, 0.717) is 0 Å². The van der Waals surface area contributed by atoms with Gasteiger partial charge in [-0.2, -0.15) is 0 Å². The van der Waals surface area contributed by atoms with Crippen molar-refractivity contribution < 1.29 is 0 Å². The molecule has 1 aliphatic rings. The molecule has 1 aromatic carbocycles. The zero-order valence-electron chi connectivity index (χ0n) is 14.6. The summed E-state index contributed by atoms with van der Waals surface area (Å²) in [5, 5.41) is 3.80. The van der Waals surface area contributed by atoms with Crippen LogP contribution in [0.5, 0.6) is 0 Å². The Morgan fingerprint density at radius 2 is 1.77 bits per heavy atom. The smallest absolute Gasteiger partial charge is 0.0860 e. The van der Waals surface area contributed by atoms with Crippen molar-refractivity contribution in [1.82, 2.24) is 0 Å². The highest BCUT2D eigenvalue weighted by Gasteiger charge is 2.28. The molecule has 1 heterocycles. The maximum absolute atomic E-state index is 4.99. The molecule has 0 saturated carbocycles. The largest absolute Gasteiger partial charge is 0.378 e. The van der Waals surface area contributed by atoms with Gasteiger partial charge in [0.1, 0.15) is 0 Å². The first-order valence-electron chi connectivity index (χ1n) is 9.10. The van der Waals surface area contributed by atoms with E-state index in [-0.39, 0.29) is 5.54 Å². The number of hydrogen-bond donors (Lipinski definition) is 1. The standard InChI is InChI=1S/C20H32N2/c1-4-6-8-12-17-16-20(3,15-11-7-5-2)22-19-14-10-9-13-18(19)21-17/h9-10,13-14,22H,4-8,11-12,15-16H2,1-3H3. The van der Waals surface area contributed by atoms with Crippen LogP contribution in [0.2, 0.25) is 0 Å². The van der Waals surface area contributed by atoms with Crippen LogP contribution in [0.4, 0.5) is 11.4 Å². The van der Waals surface area contributed by atoms with Gasteiger partial charge in [-0.05, 0) is 38.3 Å². The highest BCUT2D eigenvalue weighted by atomic mass is 15.0. The van der Waals surface area contributed by atoms with Gasteiger partial charge in [0, 0.05) is 17.7 Å². The van der Waals surface area contributed by atoms with Crippen LogP contribution in [0.15, 0.2) is 29.3 Å². The first-order valence-corrected chi connectivity index (χ1v) is 9.10. The molecule has 22 heavy (non-hydrogen) atoms. The van der Waals surface area contributed by atoms with Crippen LogP contribution in [0, 0.1) is 0 Å². The molecular weight excluding hydrogens is 268 g/mol. The van der Waals surface area contributed by atoms with Crippen LogP contribution in [0.1, 0.15) is 78.6 Å². The molecule has 0 radical (unpaired) electrons. The number of nitrogens with zero attached hydrogens (tertiary/aromatic N) is 1. The third-order valence-corrected chi connectivity index (χ3v) is 4.61. The lowest BCUT2D eigenvalue weighted by Gasteiger charge is -2.31. The Hall–Kier alpha value is -1.31. The van der Waals surface area contributed by atoms with E-state index in [1.807, 2.05) is 0 Å². The summed E-state index contributed by atoms with van der Waals surface area (Å²) in [6.07, 6.45) is 11.2. The second-order valence-electron chi connectivity index (χ2n) is 6.97. The van der Waals surface area contributed by atoms with Crippen molar-refractivity contribution in [3.8, 4) is 0 Å². The second kappa shape index (κ2) is 8.36. The van der Waals surface area contributed by atoms with Crippen LogP contribution in [-0.4, -0.2) is 11.3 Å². The Morgan fingerprint density at radius 1 is 1.05 bits per heavy atom. The second-order valence-corrected chi connectivity index (χ2v) is 6.97. The molecule has 0 aliphatic carbocycles. The number of anilines is 1. The van der Waals surface area contributed by atoms with E-state index in [2.05, 4.69) is 50.4 Å². The van der Waals surface area contributed by atoms with E-state index < -0.39 is 0 Å². The van der Waals surface area contributed by atoms with Crippen molar-refractivity contribution in [3.05, 3.63) is 24.3 Å². The molecule has 0 aromatic heterocycles. The van der Waals surface area contributed by atoms with Crippen molar-refractivity contribution in [1.29, 1.82) is 0 Å². The molecule has 1 aliphatic heterocycles. The molecule has 0 fully saturated rings. The number of fused-ring (bicyclic) bond motifs is 1. The zero-order valence-corrected chi connectivity index (χ0v) is 14.6. The molecule has 2 nitrogen and oxygen atoms in total. The lowest BCUT2D eigenvalue weighted by Crippen LogP contribution is -2.36. The third kappa shape index (κ3) is 4.86. The van der Waals surface area contributed by atoms with Crippen molar-refractivity contribution in [3.63, 3.8) is 0 Å². The molecule has 1 N–H and O–H groups in total. The van der Waals surface area contributed by atoms with Crippen molar-refractivity contribution in [2.24, 2.45) is 4.99 Å². The van der Waals surface area contributed by atoms with Crippen LogP contribution in [-0.2, 0) is 0 Å². The molecular formula is C20H32N2. The summed E-state index contributed by atoms with van der Waals surface area (Å²) in [5.41, 5.74) is 3.84. The first-order chi connectivity index (χ1) is 10.7. The molecule has 0 spiro atoms. The number of unbranched alkanes of at least 4 members (excludes halogenated alkanes) is 4. The normalized spacial score (nSPS) is 20.8. The molecule has 0 amide bonds. The van der Waals surface area contributed by atoms with E-state index >= 15 is 0 Å². The van der Waals surface area contributed by atoms with Crippen LogP contribution < -0.4 is 5.32 Å². The van der Waals surface area contributed by atoms with Gasteiger partial charge in [-0.15, -0.1) is 0 Å². The predicted molar refractivity (Wildman–Crippen MR) is 98.5 cm³/mol. The molecule has 1 atom stereocenters. The van der Waals surface area contributed by atoms with Gasteiger partial charge in [-0.1, -0.05) is 58.1 Å². The maximum Gasteiger partial charge on any atom is 0.0860 e. The van der Waals surface area contributed by atoms with E-state index in [4.69, 9.17) is 4.99 Å². The van der Waals surface area contributed by atoms with Gasteiger partial charge in [-0.25, -0.2) is 0 Å². The number of para-hydroxylation sites is 2. The lowest BCUT2D eigenvalue weighted by molar-refractivity contribution is 0.458.